The molecule has 2 aromatic heterocycles. The second kappa shape index (κ2) is 9.30. The number of nitrogens with zero attached hydrogens (tertiary/aromatic N) is 4. The third-order valence-electron chi connectivity index (χ3n) is 6.38. The summed E-state index contributed by atoms with van der Waals surface area (Å²) in [4.78, 5) is 18.0. The normalized spacial score (nSPS) is 16.7. The van der Waals surface area contributed by atoms with Gasteiger partial charge in [0.05, 0.1) is 16.9 Å². The predicted molar refractivity (Wildman–Crippen MR) is 132 cm³/mol. The summed E-state index contributed by atoms with van der Waals surface area (Å²) in [7, 11) is 1.77. The molecule has 0 aliphatic heterocycles. The fraction of sp³-hybridized carbons (Fsp3) is 0.222. The van der Waals surface area contributed by atoms with Gasteiger partial charge in [0.25, 0.3) is 5.91 Å². The molecule has 182 valence electrons. The van der Waals surface area contributed by atoms with E-state index in [1.165, 1.54) is 0 Å². The molecule has 1 fully saturated rings. The van der Waals surface area contributed by atoms with Crippen molar-refractivity contribution in [1.29, 1.82) is 0 Å². The molecule has 7 nitrogen and oxygen atoms in total. The number of aromatic nitrogens is 3. The van der Waals surface area contributed by atoms with Crippen molar-refractivity contribution < 1.29 is 18.3 Å². The highest BCUT2D eigenvalue weighted by Crippen LogP contribution is 2.40. The van der Waals surface area contributed by atoms with Crippen molar-refractivity contribution in [2.24, 2.45) is 0 Å². The molecule has 0 saturated heterocycles. The maximum Gasteiger partial charge on any atom is 0.298 e. The average molecular weight is 488 g/mol. The molecule has 1 saturated carbocycles. The Morgan fingerprint density at radius 1 is 1.11 bits per heavy atom. The van der Waals surface area contributed by atoms with Crippen LogP contribution in [0.4, 0.5) is 14.6 Å². The molecule has 2 N–H and O–H groups in total. The Bertz CT molecular complexity index is 1490. The number of hydrogen-bond acceptors (Lipinski definition) is 5. The van der Waals surface area contributed by atoms with Gasteiger partial charge in [-0.05, 0) is 56.0 Å². The topological polar surface area (TPSA) is 86.3 Å². The predicted octanol–water partition coefficient (Wildman–Crippen LogP) is 4.94. The molecule has 4 aromatic rings. The number of fused-ring (bicyclic) bond motifs is 1. The van der Waals surface area contributed by atoms with Crippen molar-refractivity contribution >= 4 is 22.6 Å². The number of ether oxygens (including phenoxy) is 1. The molecule has 36 heavy (non-hydrogen) atoms. The Kier molecular flexibility index (Phi) is 6.02. The maximum atomic E-state index is 13.5. The molecule has 1 amide bonds. The summed E-state index contributed by atoms with van der Waals surface area (Å²) >= 11 is 0. The van der Waals surface area contributed by atoms with E-state index in [1.54, 1.807) is 37.2 Å². The molecule has 1 aliphatic carbocycles. The first-order valence-electron chi connectivity index (χ1n) is 11.4. The van der Waals surface area contributed by atoms with E-state index in [2.05, 4.69) is 16.8 Å². The van der Waals surface area contributed by atoms with E-state index in [-0.39, 0.29) is 23.7 Å². The number of amides is 1. The molecule has 1 aliphatic rings. The summed E-state index contributed by atoms with van der Waals surface area (Å²) in [6.45, 7) is 1.64. The van der Waals surface area contributed by atoms with Gasteiger partial charge in [-0.3, -0.25) is 9.48 Å². The summed E-state index contributed by atoms with van der Waals surface area (Å²) in [6.07, 6.45) is 3.16. The first-order chi connectivity index (χ1) is 17.3. The number of rotatable bonds is 5. The number of nitrogen functional groups attached to an aromatic ring is 1. The lowest BCUT2D eigenvalue weighted by Gasteiger charge is -2.40. The molecular formula is C27H23F2N5O2. The van der Waals surface area contributed by atoms with Gasteiger partial charge in [-0.2, -0.15) is 5.10 Å². The number of benzene rings is 2. The highest BCUT2D eigenvalue weighted by molar-refractivity contribution is 6.00. The first kappa shape index (κ1) is 23.3. The van der Waals surface area contributed by atoms with Gasteiger partial charge in [0.1, 0.15) is 34.6 Å². The number of anilines is 1. The highest BCUT2D eigenvalue weighted by Gasteiger charge is 2.37. The second-order valence-corrected chi connectivity index (χ2v) is 8.69. The van der Waals surface area contributed by atoms with Gasteiger partial charge < -0.3 is 15.4 Å². The summed E-state index contributed by atoms with van der Waals surface area (Å²) < 4.78 is 34.5. The van der Waals surface area contributed by atoms with Crippen LogP contribution in [-0.4, -0.2) is 38.7 Å². The Morgan fingerprint density at radius 3 is 2.47 bits per heavy atom. The third kappa shape index (κ3) is 4.33. The van der Waals surface area contributed by atoms with Crippen LogP contribution >= 0.6 is 0 Å². The molecule has 9 heteroatoms. The van der Waals surface area contributed by atoms with Crippen LogP contribution < -0.4 is 10.5 Å². The average Bonchev–Trinajstić information content (AvgIpc) is 3.18. The Hall–Kier alpha value is -4.45. The minimum atomic E-state index is -0.714. The van der Waals surface area contributed by atoms with E-state index in [0.29, 0.717) is 17.3 Å². The number of nitrogens with two attached hydrogens (primary N) is 1. The van der Waals surface area contributed by atoms with Gasteiger partial charge in [0.15, 0.2) is 0 Å². The van der Waals surface area contributed by atoms with Crippen LogP contribution in [-0.2, 0) is 4.79 Å². The molecule has 0 spiro atoms. The second-order valence-electron chi connectivity index (χ2n) is 8.69. The smallest absolute Gasteiger partial charge is 0.298 e. The summed E-state index contributed by atoms with van der Waals surface area (Å²) in [6, 6.07) is 12.1. The summed E-state index contributed by atoms with van der Waals surface area (Å²) in [5.41, 5.74) is 8.57. The van der Waals surface area contributed by atoms with E-state index < -0.39 is 11.6 Å². The molecule has 0 radical (unpaired) electrons. The molecular weight excluding hydrogens is 464 g/mol. The van der Waals surface area contributed by atoms with Gasteiger partial charge in [0.2, 0.25) is 0 Å². The van der Waals surface area contributed by atoms with Gasteiger partial charge in [-0.1, -0.05) is 5.92 Å². The number of pyridine rings is 1. The zero-order chi connectivity index (χ0) is 25.4. The van der Waals surface area contributed by atoms with Crippen molar-refractivity contribution in [3.63, 3.8) is 0 Å². The lowest BCUT2D eigenvalue weighted by Crippen LogP contribution is -2.46. The molecule has 2 heterocycles. The number of carbonyl (C=O) groups excluding carboxylic acids is 1. The van der Waals surface area contributed by atoms with Crippen molar-refractivity contribution in [3.8, 4) is 34.6 Å². The van der Waals surface area contributed by atoms with E-state index in [9.17, 15) is 13.6 Å². The van der Waals surface area contributed by atoms with Crippen LogP contribution in [0.3, 0.4) is 0 Å². The lowest BCUT2D eigenvalue weighted by atomic mass is 9.85. The third-order valence-corrected chi connectivity index (χ3v) is 6.38. The van der Waals surface area contributed by atoms with E-state index >= 15 is 0 Å². The minimum absolute atomic E-state index is 0.0660. The van der Waals surface area contributed by atoms with Crippen molar-refractivity contribution in [2.75, 3.05) is 12.8 Å². The first-order valence-corrected chi connectivity index (χ1v) is 11.4. The van der Waals surface area contributed by atoms with Crippen LogP contribution in [0, 0.1) is 23.5 Å². The zero-order valence-corrected chi connectivity index (χ0v) is 19.7. The summed E-state index contributed by atoms with van der Waals surface area (Å²) in [5.74, 6) is 4.46. The van der Waals surface area contributed by atoms with E-state index in [0.717, 1.165) is 47.5 Å². The molecule has 0 atom stereocenters. The number of hydrogen-bond donors (Lipinski definition) is 1. The van der Waals surface area contributed by atoms with Gasteiger partial charge in [0, 0.05) is 43.0 Å². The summed E-state index contributed by atoms with van der Waals surface area (Å²) in [5, 5.41) is 5.62. The molecule has 2 aromatic carbocycles. The minimum Gasteiger partial charge on any atom is -0.457 e. The van der Waals surface area contributed by atoms with Crippen LogP contribution in [0.1, 0.15) is 25.8 Å². The quantitative estimate of drug-likeness (QED) is 0.403. The fourth-order valence-corrected chi connectivity index (χ4v) is 4.43. The SMILES string of the molecule is CC#CC(=O)N(C)C1CC(n2nc(-c3ccc(Oc4cc(F)cc(F)c4)cc3)c3c(N)nccc32)C1. The number of carbonyl (C=O) groups is 1. The largest absolute Gasteiger partial charge is 0.457 e. The van der Waals surface area contributed by atoms with E-state index in [1.807, 2.05) is 22.9 Å². The molecule has 0 unspecified atom stereocenters. The standard InChI is InChI=1S/C27H23F2N5O2/c1-3-4-24(35)33(2)19-14-20(15-19)34-23-9-10-31-27(30)25(23)26(32-34)16-5-7-21(8-6-16)36-22-12-17(28)11-18(29)13-22/h5-13,19-20H,14-15H2,1-2H3,(H2,30,31). The Balaban J connectivity index is 1.41. The van der Waals surface area contributed by atoms with Crippen molar-refractivity contribution in [3.05, 3.63) is 66.4 Å². The van der Waals surface area contributed by atoms with Crippen molar-refractivity contribution in [1.82, 2.24) is 19.7 Å². The maximum absolute atomic E-state index is 13.5. The number of halogens is 2. The fourth-order valence-electron chi connectivity index (χ4n) is 4.43. The van der Waals surface area contributed by atoms with Crippen LogP contribution in [0.5, 0.6) is 11.5 Å². The van der Waals surface area contributed by atoms with Crippen LogP contribution in [0.25, 0.3) is 22.2 Å². The Morgan fingerprint density at radius 2 is 1.81 bits per heavy atom. The molecule has 0 bridgehead atoms. The van der Waals surface area contributed by atoms with Crippen molar-refractivity contribution in [2.45, 2.75) is 31.8 Å². The lowest BCUT2D eigenvalue weighted by molar-refractivity contribution is -0.128. The Labute approximate surface area is 206 Å². The van der Waals surface area contributed by atoms with Gasteiger partial charge in [-0.15, -0.1) is 0 Å². The van der Waals surface area contributed by atoms with Gasteiger partial charge in [-0.25, -0.2) is 13.8 Å². The van der Waals surface area contributed by atoms with Gasteiger partial charge >= 0.3 is 0 Å². The zero-order valence-electron chi connectivity index (χ0n) is 19.7. The highest BCUT2D eigenvalue weighted by atomic mass is 19.1. The monoisotopic (exact) mass is 487 g/mol. The van der Waals surface area contributed by atoms with E-state index in [4.69, 9.17) is 15.6 Å². The van der Waals surface area contributed by atoms with Crippen LogP contribution in [0.2, 0.25) is 0 Å². The molecule has 5 rings (SSSR count). The van der Waals surface area contributed by atoms with Crippen LogP contribution in [0.15, 0.2) is 54.7 Å².